The van der Waals surface area contributed by atoms with E-state index in [2.05, 4.69) is 5.32 Å². The molecule has 0 spiro atoms. The van der Waals surface area contributed by atoms with E-state index < -0.39 is 0 Å². The lowest BCUT2D eigenvalue weighted by molar-refractivity contribution is -0.121. The van der Waals surface area contributed by atoms with Gasteiger partial charge in [0.2, 0.25) is 5.91 Å². The highest BCUT2D eigenvalue weighted by molar-refractivity contribution is 5.76. The Kier molecular flexibility index (Phi) is 5.57. The second kappa shape index (κ2) is 7.01. The molecule has 0 aliphatic carbocycles. The van der Waals surface area contributed by atoms with Gasteiger partial charge in [-0.3, -0.25) is 4.79 Å². The van der Waals surface area contributed by atoms with E-state index in [1.54, 1.807) is 0 Å². The first-order chi connectivity index (χ1) is 7.72. The zero-order valence-corrected chi connectivity index (χ0v) is 9.78. The Hall–Kier alpha value is -1.35. The molecule has 1 rings (SSSR count). The average Bonchev–Trinajstić information content (AvgIpc) is 2.34. The Morgan fingerprint density at radius 2 is 2.06 bits per heavy atom. The lowest BCUT2D eigenvalue weighted by Gasteiger charge is -2.09. The summed E-state index contributed by atoms with van der Waals surface area (Å²) in [6.07, 6.45) is 1.34. The number of hydrogen-bond acceptors (Lipinski definition) is 2. The molecular formula is C13H20N2O. The molecule has 3 heteroatoms. The summed E-state index contributed by atoms with van der Waals surface area (Å²) in [7, 11) is 0. The van der Waals surface area contributed by atoms with Gasteiger partial charge in [-0.2, -0.15) is 0 Å². The molecule has 3 nitrogen and oxygen atoms in total. The Bertz CT molecular complexity index is 311. The monoisotopic (exact) mass is 220 g/mol. The molecule has 1 atom stereocenters. The van der Waals surface area contributed by atoms with Crippen LogP contribution in [-0.4, -0.2) is 19.0 Å². The molecule has 1 amide bonds. The number of rotatable bonds is 6. The highest BCUT2D eigenvalue weighted by Crippen LogP contribution is 2.02. The first-order valence-electron chi connectivity index (χ1n) is 5.73. The first-order valence-corrected chi connectivity index (χ1v) is 5.73. The van der Waals surface area contributed by atoms with Crippen LogP contribution in [-0.2, 0) is 11.2 Å². The summed E-state index contributed by atoms with van der Waals surface area (Å²) in [5.41, 5.74) is 6.67. The number of carbonyl (C=O) groups excluding carboxylic acids is 1. The largest absolute Gasteiger partial charge is 0.356 e. The topological polar surface area (TPSA) is 55.1 Å². The summed E-state index contributed by atoms with van der Waals surface area (Å²) in [6, 6.07) is 10.0. The van der Waals surface area contributed by atoms with Crippen LogP contribution < -0.4 is 11.1 Å². The number of nitrogens with one attached hydrogen (secondary N) is 1. The van der Waals surface area contributed by atoms with Gasteiger partial charge in [-0.1, -0.05) is 37.3 Å². The van der Waals surface area contributed by atoms with Crippen LogP contribution in [0.15, 0.2) is 30.3 Å². The molecule has 3 N–H and O–H groups in total. The molecule has 0 saturated heterocycles. The Balaban J connectivity index is 2.20. The fourth-order valence-corrected chi connectivity index (χ4v) is 1.36. The van der Waals surface area contributed by atoms with Crippen molar-refractivity contribution in [2.75, 3.05) is 13.1 Å². The van der Waals surface area contributed by atoms with Crippen LogP contribution in [0.5, 0.6) is 0 Å². The standard InChI is InChI=1S/C13H20N2O/c1-11(9-14)10-15-13(16)8-7-12-5-3-2-4-6-12/h2-6,11H,7-10,14H2,1H3,(H,15,16). The van der Waals surface area contributed by atoms with Gasteiger partial charge in [0.25, 0.3) is 0 Å². The summed E-state index contributed by atoms with van der Waals surface area (Å²) in [5, 5.41) is 2.88. The summed E-state index contributed by atoms with van der Waals surface area (Å²) in [4.78, 5) is 11.5. The van der Waals surface area contributed by atoms with E-state index >= 15 is 0 Å². The SMILES string of the molecule is CC(CN)CNC(=O)CCc1ccccc1. The Labute approximate surface area is 97.0 Å². The predicted molar refractivity (Wildman–Crippen MR) is 66.0 cm³/mol. The maximum absolute atomic E-state index is 11.5. The highest BCUT2D eigenvalue weighted by Gasteiger charge is 2.04. The van der Waals surface area contributed by atoms with Gasteiger partial charge in [0.15, 0.2) is 0 Å². The van der Waals surface area contributed by atoms with E-state index in [1.165, 1.54) is 5.56 Å². The number of aryl methyl sites for hydroxylation is 1. The molecule has 88 valence electrons. The van der Waals surface area contributed by atoms with Crippen LogP contribution in [0.3, 0.4) is 0 Å². The van der Waals surface area contributed by atoms with E-state index in [0.717, 1.165) is 6.42 Å². The maximum atomic E-state index is 11.5. The summed E-state index contributed by atoms with van der Waals surface area (Å²) >= 11 is 0. The van der Waals surface area contributed by atoms with Gasteiger partial charge in [-0.05, 0) is 24.4 Å². The van der Waals surface area contributed by atoms with Crippen molar-refractivity contribution in [3.8, 4) is 0 Å². The van der Waals surface area contributed by atoms with Gasteiger partial charge in [-0.25, -0.2) is 0 Å². The van der Waals surface area contributed by atoms with Gasteiger partial charge >= 0.3 is 0 Å². The van der Waals surface area contributed by atoms with Crippen LogP contribution >= 0.6 is 0 Å². The zero-order chi connectivity index (χ0) is 11.8. The van der Waals surface area contributed by atoms with E-state index in [9.17, 15) is 4.79 Å². The van der Waals surface area contributed by atoms with Crippen molar-refractivity contribution >= 4 is 5.91 Å². The minimum absolute atomic E-state index is 0.101. The summed E-state index contributed by atoms with van der Waals surface area (Å²) < 4.78 is 0. The third-order valence-corrected chi connectivity index (χ3v) is 2.53. The van der Waals surface area contributed by atoms with Gasteiger partial charge in [0.1, 0.15) is 0 Å². The van der Waals surface area contributed by atoms with Crippen molar-refractivity contribution in [3.63, 3.8) is 0 Å². The highest BCUT2D eigenvalue weighted by atomic mass is 16.1. The van der Waals surface area contributed by atoms with Crippen LogP contribution in [0.4, 0.5) is 0 Å². The fourth-order valence-electron chi connectivity index (χ4n) is 1.36. The van der Waals surface area contributed by atoms with Crippen LogP contribution in [0.2, 0.25) is 0 Å². The molecule has 0 aliphatic rings. The third kappa shape index (κ3) is 4.94. The molecule has 0 bridgehead atoms. The molecule has 1 aromatic rings. The molecule has 1 aromatic carbocycles. The van der Waals surface area contributed by atoms with Crippen molar-refractivity contribution in [2.45, 2.75) is 19.8 Å². The van der Waals surface area contributed by atoms with Gasteiger partial charge in [-0.15, -0.1) is 0 Å². The molecule has 16 heavy (non-hydrogen) atoms. The minimum Gasteiger partial charge on any atom is -0.356 e. The van der Waals surface area contributed by atoms with Crippen LogP contribution in [0.25, 0.3) is 0 Å². The average molecular weight is 220 g/mol. The van der Waals surface area contributed by atoms with Gasteiger partial charge in [0.05, 0.1) is 0 Å². The summed E-state index contributed by atoms with van der Waals surface area (Å²) in [6.45, 7) is 3.31. The molecule has 0 fully saturated rings. The molecule has 0 aromatic heterocycles. The number of carbonyl (C=O) groups is 1. The van der Waals surface area contributed by atoms with Crippen LogP contribution in [0, 0.1) is 5.92 Å². The Morgan fingerprint density at radius 1 is 1.38 bits per heavy atom. The second-order valence-corrected chi connectivity index (χ2v) is 4.13. The zero-order valence-electron chi connectivity index (χ0n) is 9.78. The van der Waals surface area contributed by atoms with Gasteiger partial charge < -0.3 is 11.1 Å². The smallest absolute Gasteiger partial charge is 0.220 e. The first kappa shape index (κ1) is 12.7. The number of hydrogen-bond donors (Lipinski definition) is 2. The van der Waals surface area contributed by atoms with Gasteiger partial charge in [0, 0.05) is 13.0 Å². The second-order valence-electron chi connectivity index (χ2n) is 4.13. The number of benzene rings is 1. The fraction of sp³-hybridized carbons (Fsp3) is 0.462. The molecule has 1 unspecified atom stereocenters. The lowest BCUT2D eigenvalue weighted by Crippen LogP contribution is -2.31. The van der Waals surface area contributed by atoms with Crippen molar-refractivity contribution < 1.29 is 4.79 Å². The van der Waals surface area contributed by atoms with Crippen molar-refractivity contribution in [3.05, 3.63) is 35.9 Å². The minimum atomic E-state index is 0.101. The lowest BCUT2D eigenvalue weighted by atomic mass is 10.1. The molecule has 0 aliphatic heterocycles. The molecule has 0 saturated carbocycles. The van der Waals surface area contributed by atoms with Crippen LogP contribution in [0.1, 0.15) is 18.9 Å². The Morgan fingerprint density at radius 3 is 2.69 bits per heavy atom. The number of amides is 1. The van der Waals surface area contributed by atoms with E-state index in [4.69, 9.17) is 5.73 Å². The number of nitrogens with two attached hydrogens (primary N) is 1. The predicted octanol–water partition coefficient (Wildman–Crippen LogP) is 1.33. The van der Waals surface area contributed by atoms with Crippen molar-refractivity contribution in [1.82, 2.24) is 5.32 Å². The van der Waals surface area contributed by atoms with Crippen molar-refractivity contribution in [2.24, 2.45) is 11.7 Å². The molecule has 0 radical (unpaired) electrons. The molecular weight excluding hydrogens is 200 g/mol. The van der Waals surface area contributed by atoms with Crippen molar-refractivity contribution in [1.29, 1.82) is 0 Å². The summed E-state index contributed by atoms with van der Waals surface area (Å²) in [5.74, 6) is 0.449. The van der Waals surface area contributed by atoms with E-state index in [-0.39, 0.29) is 5.91 Å². The maximum Gasteiger partial charge on any atom is 0.220 e. The third-order valence-electron chi connectivity index (χ3n) is 2.53. The quantitative estimate of drug-likeness (QED) is 0.760. The normalized spacial score (nSPS) is 12.1. The molecule has 0 heterocycles. The van der Waals surface area contributed by atoms with E-state index in [1.807, 2.05) is 37.3 Å². The van der Waals surface area contributed by atoms with E-state index in [0.29, 0.717) is 25.4 Å².